The Hall–Kier alpha value is -4.25. The van der Waals surface area contributed by atoms with Crippen LogP contribution < -0.4 is 20.9 Å². The number of likely N-dealkylation sites (N-methyl/N-ethyl adjacent to an activating group) is 1. The van der Waals surface area contributed by atoms with Crippen molar-refractivity contribution in [1.82, 2.24) is 30.6 Å². The summed E-state index contributed by atoms with van der Waals surface area (Å²) in [5.74, 6) is 2.19. The average Bonchev–Trinajstić information content (AvgIpc) is 3.38. The van der Waals surface area contributed by atoms with Crippen LogP contribution in [0.2, 0.25) is 0 Å². The monoisotopic (exact) mass is 505 g/mol. The zero-order valence-electron chi connectivity index (χ0n) is 21.0. The van der Waals surface area contributed by atoms with Crippen molar-refractivity contribution >= 4 is 22.5 Å². The topological polar surface area (TPSA) is 138 Å². The highest BCUT2D eigenvalue weighted by atomic mass is 16.5. The van der Waals surface area contributed by atoms with Crippen molar-refractivity contribution in [3.63, 3.8) is 0 Å². The summed E-state index contributed by atoms with van der Waals surface area (Å²) in [6.45, 7) is 2.55. The highest BCUT2D eigenvalue weighted by Crippen LogP contribution is 2.20. The molecule has 2 aromatic heterocycles. The molecule has 37 heavy (non-hydrogen) atoms. The van der Waals surface area contributed by atoms with E-state index >= 15 is 0 Å². The molecule has 0 spiro atoms. The Kier molecular flexibility index (Phi) is 8.82. The van der Waals surface area contributed by atoms with Crippen LogP contribution in [0, 0.1) is 0 Å². The van der Waals surface area contributed by atoms with Crippen LogP contribution in [0.3, 0.4) is 0 Å². The van der Waals surface area contributed by atoms with Crippen LogP contribution in [0.15, 0.2) is 57.8 Å². The minimum absolute atomic E-state index is 0.0911. The number of fused-ring (bicyclic) bond motifs is 1. The number of ether oxygens (including phenoxy) is 1. The number of carbonyl (C=O) groups excluding carboxylic acids is 1. The van der Waals surface area contributed by atoms with E-state index in [9.17, 15) is 9.59 Å². The lowest BCUT2D eigenvalue weighted by Gasteiger charge is -2.10. The third-order valence-corrected chi connectivity index (χ3v) is 5.62. The molecule has 0 bridgehead atoms. The second kappa shape index (κ2) is 12.6. The zero-order chi connectivity index (χ0) is 26.0. The maximum atomic E-state index is 12.2. The summed E-state index contributed by atoms with van der Waals surface area (Å²) in [6, 6.07) is 14.8. The maximum absolute atomic E-state index is 12.2. The van der Waals surface area contributed by atoms with E-state index in [2.05, 4.69) is 35.9 Å². The number of aromatic nitrogens is 4. The molecular weight excluding hydrogens is 474 g/mol. The summed E-state index contributed by atoms with van der Waals surface area (Å²) >= 11 is 0. The number of benzene rings is 2. The van der Waals surface area contributed by atoms with E-state index < -0.39 is 0 Å². The highest BCUT2D eigenvalue weighted by molar-refractivity contribution is 5.90. The molecule has 0 aliphatic rings. The van der Waals surface area contributed by atoms with Gasteiger partial charge in [-0.05, 0) is 50.8 Å². The highest BCUT2D eigenvalue weighted by Gasteiger charge is 2.11. The molecule has 4 aromatic rings. The molecule has 0 aliphatic carbocycles. The van der Waals surface area contributed by atoms with Gasteiger partial charge in [-0.2, -0.15) is 10.1 Å². The van der Waals surface area contributed by atoms with Gasteiger partial charge in [0.15, 0.2) is 5.82 Å². The van der Waals surface area contributed by atoms with Crippen molar-refractivity contribution in [2.75, 3.05) is 45.7 Å². The minimum Gasteiger partial charge on any atom is -0.492 e. The van der Waals surface area contributed by atoms with E-state index in [4.69, 9.17) is 9.26 Å². The fourth-order valence-electron chi connectivity index (χ4n) is 3.60. The number of anilines is 1. The number of nitrogens with one attached hydrogen (secondary N) is 3. The van der Waals surface area contributed by atoms with Crippen molar-refractivity contribution in [2.45, 2.75) is 19.3 Å². The molecule has 0 saturated carbocycles. The Labute approximate surface area is 214 Å². The van der Waals surface area contributed by atoms with Crippen LogP contribution in [0.5, 0.6) is 5.75 Å². The third kappa shape index (κ3) is 7.37. The zero-order valence-corrected chi connectivity index (χ0v) is 21.0. The lowest BCUT2D eigenvalue weighted by molar-refractivity contribution is -0.121. The van der Waals surface area contributed by atoms with Crippen LogP contribution in [-0.2, 0) is 11.2 Å². The van der Waals surface area contributed by atoms with Crippen LogP contribution in [-0.4, -0.2) is 71.5 Å². The number of hydrogen-bond acceptors (Lipinski definition) is 9. The summed E-state index contributed by atoms with van der Waals surface area (Å²) < 4.78 is 11.0. The van der Waals surface area contributed by atoms with Gasteiger partial charge < -0.3 is 24.8 Å². The lowest BCUT2D eigenvalue weighted by Crippen LogP contribution is -2.26. The van der Waals surface area contributed by atoms with Crippen molar-refractivity contribution in [1.29, 1.82) is 0 Å². The largest absolute Gasteiger partial charge is 0.492 e. The first-order valence-corrected chi connectivity index (χ1v) is 12.2. The molecule has 2 aromatic carbocycles. The number of rotatable bonds is 13. The number of aromatic amines is 1. The molecule has 11 heteroatoms. The van der Waals surface area contributed by atoms with Crippen LogP contribution in [0.25, 0.3) is 22.2 Å². The Bertz CT molecular complexity index is 1370. The first-order chi connectivity index (χ1) is 18.0. The number of nitrogens with zero attached hydrogens (tertiary/aromatic N) is 4. The van der Waals surface area contributed by atoms with Gasteiger partial charge in [-0.25, -0.2) is 5.10 Å². The van der Waals surface area contributed by atoms with Gasteiger partial charge in [-0.15, -0.1) is 0 Å². The number of aryl methyl sites for hydroxylation is 1. The van der Waals surface area contributed by atoms with E-state index in [1.807, 2.05) is 56.6 Å². The third-order valence-electron chi connectivity index (χ3n) is 5.62. The number of amides is 1. The van der Waals surface area contributed by atoms with Crippen molar-refractivity contribution in [3.8, 4) is 17.1 Å². The standard InChI is InChI=1S/C26H31N7O4/c1-33(2)16-17-36-19-10-8-18(9-11-19)24-29-23(37-32-24)13-12-22(34)27-14-5-15-28-25-20-6-3-4-7-21(20)26(35)31-30-25/h3-4,6-11H,5,12-17H2,1-2H3,(H,27,34)(H,28,30)(H,31,35). The van der Waals surface area contributed by atoms with E-state index in [-0.39, 0.29) is 17.9 Å². The van der Waals surface area contributed by atoms with Crippen molar-refractivity contribution < 1.29 is 14.1 Å². The molecule has 4 rings (SSSR count). The summed E-state index contributed by atoms with van der Waals surface area (Å²) in [4.78, 5) is 30.5. The summed E-state index contributed by atoms with van der Waals surface area (Å²) in [7, 11) is 4.00. The van der Waals surface area contributed by atoms with E-state index in [0.29, 0.717) is 55.5 Å². The number of carbonyl (C=O) groups is 1. The quantitative estimate of drug-likeness (QED) is 0.234. The van der Waals surface area contributed by atoms with Gasteiger partial charge in [0.05, 0.1) is 5.39 Å². The molecule has 0 saturated heterocycles. The molecule has 3 N–H and O–H groups in total. The van der Waals surface area contributed by atoms with Gasteiger partial charge in [-0.1, -0.05) is 23.4 Å². The van der Waals surface area contributed by atoms with Crippen LogP contribution in [0.4, 0.5) is 5.82 Å². The van der Waals surface area contributed by atoms with Gasteiger partial charge in [0.25, 0.3) is 5.56 Å². The molecule has 0 atom stereocenters. The second-order valence-electron chi connectivity index (χ2n) is 8.77. The molecule has 0 aliphatic heterocycles. The fraction of sp³-hybridized carbons (Fsp3) is 0.346. The number of hydrogen-bond donors (Lipinski definition) is 3. The SMILES string of the molecule is CN(C)CCOc1ccc(-c2noc(CCC(=O)NCCCNc3n[nH]c(=O)c4ccccc34)n2)cc1. The van der Waals surface area contributed by atoms with E-state index in [1.54, 1.807) is 6.07 Å². The van der Waals surface area contributed by atoms with Crippen molar-refractivity contribution in [2.24, 2.45) is 0 Å². The van der Waals surface area contributed by atoms with Gasteiger partial charge in [0.2, 0.25) is 17.6 Å². The summed E-state index contributed by atoms with van der Waals surface area (Å²) in [5.41, 5.74) is 0.595. The van der Waals surface area contributed by atoms with Gasteiger partial charge in [-0.3, -0.25) is 9.59 Å². The van der Waals surface area contributed by atoms with E-state index in [0.717, 1.165) is 23.2 Å². The molecule has 194 valence electrons. The minimum atomic E-state index is -0.222. The average molecular weight is 506 g/mol. The maximum Gasteiger partial charge on any atom is 0.272 e. The number of H-pyrrole nitrogens is 1. The normalized spacial score (nSPS) is 11.1. The Morgan fingerprint density at radius 2 is 1.86 bits per heavy atom. The Balaban J connectivity index is 1.16. The molecule has 0 radical (unpaired) electrons. The van der Waals surface area contributed by atoms with Gasteiger partial charge in [0.1, 0.15) is 12.4 Å². The molecule has 0 fully saturated rings. The second-order valence-corrected chi connectivity index (χ2v) is 8.77. The summed E-state index contributed by atoms with van der Waals surface area (Å²) in [6.07, 6.45) is 1.30. The van der Waals surface area contributed by atoms with Crippen LogP contribution >= 0.6 is 0 Å². The molecule has 1 amide bonds. The first kappa shape index (κ1) is 25.8. The van der Waals surface area contributed by atoms with Gasteiger partial charge >= 0.3 is 0 Å². The molecule has 0 unspecified atom stereocenters. The smallest absolute Gasteiger partial charge is 0.272 e. The Morgan fingerprint density at radius 3 is 2.65 bits per heavy atom. The molecule has 11 nitrogen and oxygen atoms in total. The first-order valence-electron chi connectivity index (χ1n) is 12.2. The summed E-state index contributed by atoms with van der Waals surface area (Å²) in [5, 5.41) is 18.0. The van der Waals surface area contributed by atoms with Crippen molar-refractivity contribution in [3.05, 3.63) is 64.8 Å². The van der Waals surface area contributed by atoms with E-state index in [1.165, 1.54) is 0 Å². The molecular formula is C26H31N7O4. The molecule has 2 heterocycles. The van der Waals surface area contributed by atoms with Gasteiger partial charge in [0, 0.05) is 43.4 Å². The predicted octanol–water partition coefficient (Wildman–Crippen LogP) is 2.46. The lowest BCUT2D eigenvalue weighted by atomic mass is 10.2. The van der Waals surface area contributed by atoms with Crippen LogP contribution in [0.1, 0.15) is 18.7 Å². The predicted molar refractivity (Wildman–Crippen MR) is 141 cm³/mol. The fourth-order valence-corrected chi connectivity index (χ4v) is 3.60. The Morgan fingerprint density at radius 1 is 1.08 bits per heavy atom.